The molecular formula is C24H30Cl2FN3O4S. The van der Waals surface area contributed by atoms with Crippen molar-refractivity contribution in [2.24, 2.45) is 0 Å². The van der Waals surface area contributed by atoms with E-state index < -0.39 is 34.3 Å². The minimum Gasteiger partial charge on any atom is -0.352 e. The number of halogens is 3. The van der Waals surface area contributed by atoms with Gasteiger partial charge in [0.2, 0.25) is 21.8 Å². The average Bonchev–Trinajstić information content (AvgIpc) is 2.78. The molecule has 192 valence electrons. The fourth-order valence-electron chi connectivity index (χ4n) is 3.42. The number of anilines is 1. The van der Waals surface area contributed by atoms with Crippen LogP contribution in [0.1, 0.15) is 39.2 Å². The molecule has 2 rings (SSSR count). The maximum Gasteiger partial charge on any atom is 0.244 e. The quantitative estimate of drug-likeness (QED) is 0.446. The summed E-state index contributed by atoms with van der Waals surface area (Å²) in [4.78, 5) is 28.0. The van der Waals surface area contributed by atoms with Crippen molar-refractivity contribution in [3.63, 3.8) is 0 Å². The third-order valence-electron chi connectivity index (χ3n) is 5.54. The van der Waals surface area contributed by atoms with E-state index in [1.807, 2.05) is 13.8 Å². The third kappa shape index (κ3) is 8.08. The second kappa shape index (κ2) is 12.6. The first-order valence-corrected chi connectivity index (χ1v) is 13.7. The number of benzene rings is 2. The Balaban J connectivity index is 2.46. The number of amides is 2. The number of nitrogens with one attached hydrogen (secondary N) is 1. The molecule has 0 unspecified atom stereocenters. The lowest BCUT2D eigenvalue weighted by atomic mass is 10.1. The van der Waals surface area contributed by atoms with Crippen LogP contribution >= 0.6 is 23.2 Å². The van der Waals surface area contributed by atoms with E-state index in [0.29, 0.717) is 22.0 Å². The zero-order valence-electron chi connectivity index (χ0n) is 20.1. The Morgan fingerprint density at radius 3 is 2.20 bits per heavy atom. The summed E-state index contributed by atoms with van der Waals surface area (Å²) in [7, 11) is -3.90. The van der Waals surface area contributed by atoms with Gasteiger partial charge in [-0.3, -0.25) is 13.9 Å². The normalized spacial score (nSPS) is 13.1. The van der Waals surface area contributed by atoms with Crippen molar-refractivity contribution in [2.75, 3.05) is 17.1 Å². The minimum absolute atomic E-state index is 0.0394. The topological polar surface area (TPSA) is 86.8 Å². The predicted octanol–water partition coefficient (Wildman–Crippen LogP) is 4.62. The van der Waals surface area contributed by atoms with E-state index in [0.717, 1.165) is 22.7 Å². The van der Waals surface area contributed by atoms with Gasteiger partial charge in [0.25, 0.3) is 0 Å². The zero-order valence-corrected chi connectivity index (χ0v) is 22.4. The Morgan fingerprint density at radius 2 is 1.69 bits per heavy atom. The van der Waals surface area contributed by atoms with Crippen molar-refractivity contribution in [3.8, 4) is 0 Å². The zero-order chi connectivity index (χ0) is 26.3. The maximum atomic E-state index is 13.6. The average molecular weight is 546 g/mol. The van der Waals surface area contributed by atoms with Crippen LogP contribution in [0.2, 0.25) is 10.0 Å². The number of carbonyl (C=O) groups is 2. The number of nitrogens with zero attached hydrogens (tertiary/aromatic N) is 2. The molecule has 11 heteroatoms. The van der Waals surface area contributed by atoms with Crippen molar-refractivity contribution >= 4 is 50.7 Å². The Morgan fingerprint density at radius 1 is 1.06 bits per heavy atom. The lowest BCUT2D eigenvalue weighted by Crippen LogP contribution is -2.53. The highest BCUT2D eigenvalue weighted by Crippen LogP contribution is 2.25. The van der Waals surface area contributed by atoms with Crippen molar-refractivity contribution in [2.45, 2.75) is 52.2 Å². The summed E-state index contributed by atoms with van der Waals surface area (Å²) in [5, 5.41) is 3.61. The smallest absolute Gasteiger partial charge is 0.244 e. The molecule has 0 saturated heterocycles. The van der Waals surface area contributed by atoms with Crippen LogP contribution in [-0.2, 0) is 26.2 Å². The molecule has 35 heavy (non-hydrogen) atoms. The number of hydrogen-bond donors (Lipinski definition) is 1. The minimum atomic E-state index is -3.90. The lowest BCUT2D eigenvalue weighted by molar-refractivity contribution is -0.140. The second-order valence-electron chi connectivity index (χ2n) is 8.25. The summed E-state index contributed by atoms with van der Waals surface area (Å²) in [5.74, 6) is -1.51. The molecule has 1 N–H and O–H groups in total. The lowest BCUT2D eigenvalue weighted by Gasteiger charge is -2.33. The Kier molecular flexibility index (Phi) is 10.4. The number of sulfonamides is 1. The van der Waals surface area contributed by atoms with Gasteiger partial charge in [-0.2, -0.15) is 0 Å². The molecule has 2 aromatic rings. The molecule has 0 aliphatic rings. The summed E-state index contributed by atoms with van der Waals surface area (Å²) in [5.41, 5.74) is 0.677. The number of hydrogen-bond acceptors (Lipinski definition) is 4. The first-order chi connectivity index (χ1) is 16.4. The van der Waals surface area contributed by atoms with Crippen LogP contribution in [0.3, 0.4) is 0 Å². The highest BCUT2D eigenvalue weighted by atomic mass is 35.5. The molecule has 0 aliphatic heterocycles. The van der Waals surface area contributed by atoms with E-state index in [1.165, 1.54) is 23.1 Å². The van der Waals surface area contributed by atoms with Gasteiger partial charge in [0.1, 0.15) is 18.4 Å². The Labute approximate surface area is 216 Å². The van der Waals surface area contributed by atoms with Crippen molar-refractivity contribution < 1.29 is 22.4 Å². The van der Waals surface area contributed by atoms with Crippen molar-refractivity contribution in [1.29, 1.82) is 0 Å². The highest BCUT2D eigenvalue weighted by molar-refractivity contribution is 7.92. The van der Waals surface area contributed by atoms with E-state index in [2.05, 4.69) is 5.32 Å². The molecule has 0 aromatic heterocycles. The molecule has 0 spiro atoms. The molecular weight excluding hydrogens is 516 g/mol. The van der Waals surface area contributed by atoms with Crippen LogP contribution in [0.4, 0.5) is 10.1 Å². The van der Waals surface area contributed by atoms with Crippen LogP contribution in [0.15, 0.2) is 42.5 Å². The molecule has 0 heterocycles. The van der Waals surface area contributed by atoms with E-state index in [4.69, 9.17) is 23.2 Å². The van der Waals surface area contributed by atoms with Crippen LogP contribution in [0, 0.1) is 5.82 Å². The highest BCUT2D eigenvalue weighted by Gasteiger charge is 2.32. The molecule has 0 bridgehead atoms. The summed E-state index contributed by atoms with van der Waals surface area (Å²) in [6.45, 7) is 4.92. The fraction of sp³-hybridized carbons (Fsp3) is 0.417. The van der Waals surface area contributed by atoms with E-state index in [-0.39, 0.29) is 30.6 Å². The molecule has 7 nitrogen and oxygen atoms in total. The van der Waals surface area contributed by atoms with Crippen LogP contribution in [0.25, 0.3) is 0 Å². The van der Waals surface area contributed by atoms with Crippen LogP contribution < -0.4 is 9.62 Å². The summed E-state index contributed by atoms with van der Waals surface area (Å²) in [6, 6.07) is 8.58. The van der Waals surface area contributed by atoms with E-state index in [1.54, 1.807) is 19.1 Å². The van der Waals surface area contributed by atoms with E-state index >= 15 is 0 Å². The first kappa shape index (κ1) is 28.9. The molecule has 2 aromatic carbocycles. The Bertz CT molecular complexity index is 1150. The van der Waals surface area contributed by atoms with Gasteiger partial charge >= 0.3 is 0 Å². The summed E-state index contributed by atoms with van der Waals surface area (Å²) >= 11 is 12.3. The maximum absolute atomic E-state index is 13.6. The Hall–Kier alpha value is -2.36. The van der Waals surface area contributed by atoms with E-state index in [9.17, 15) is 22.4 Å². The molecule has 2 amide bonds. The summed E-state index contributed by atoms with van der Waals surface area (Å²) in [6.07, 6.45) is 1.94. The van der Waals surface area contributed by atoms with Gasteiger partial charge in [0, 0.05) is 22.6 Å². The largest absolute Gasteiger partial charge is 0.352 e. The summed E-state index contributed by atoms with van der Waals surface area (Å²) < 4.78 is 39.3. The van der Waals surface area contributed by atoms with Gasteiger partial charge in [0.15, 0.2) is 0 Å². The SMILES string of the molecule is CC[C@@H](C)NC(=O)[C@@H](CC)N(Cc1ccc(Cl)cc1Cl)C(=O)CN(c1ccc(F)cc1)S(C)(=O)=O. The van der Waals surface area contributed by atoms with Gasteiger partial charge in [0.05, 0.1) is 11.9 Å². The van der Waals surface area contributed by atoms with Crippen LogP contribution in [-0.4, -0.2) is 50.0 Å². The molecule has 0 aliphatic carbocycles. The molecule has 0 radical (unpaired) electrons. The van der Waals surface area contributed by atoms with Crippen LogP contribution in [0.5, 0.6) is 0 Å². The second-order valence-corrected chi connectivity index (χ2v) is 11.0. The van der Waals surface area contributed by atoms with Gasteiger partial charge in [-0.1, -0.05) is 43.1 Å². The predicted molar refractivity (Wildman–Crippen MR) is 138 cm³/mol. The van der Waals surface area contributed by atoms with Gasteiger partial charge in [-0.25, -0.2) is 12.8 Å². The fourth-order valence-corrected chi connectivity index (χ4v) is 4.73. The van der Waals surface area contributed by atoms with Crippen molar-refractivity contribution in [3.05, 3.63) is 63.9 Å². The molecule has 0 saturated carbocycles. The monoisotopic (exact) mass is 545 g/mol. The van der Waals surface area contributed by atoms with Gasteiger partial charge in [-0.05, 0) is 61.7 Å². The molecule has 2 atom stereocenters. The number of rotatable bonds is 11. The third-order valence-corrected chi connectivity index (χ3v) is 7.26. The molecule has 0 fully saturated rings. The number of carbonyl (C=O) groups excluding carboxylic acids is 2. The first-order valence-electron chi connectivity index (χ1n) is 11.1. The van der Waals surface area contributed by atoms with Crippen molar-refractivity contribution in [1.82, 2.24) is 10.2 Å². The van der Waals surface area contributed by atoms with Gasteiger partial charge in [-0.15, -0.1) is 0 Å². The standard InChI is InChI=1S/C24H30Cl2FN3O4S/c1-5-16(3)28-24(32)22(6-2)29(14-17-7-8-18(25)13-21(17)26)23(31)15-30(35(4,33)34)20-11-9-19(27)10-12-20/h7-13,16,22H,5-6,14-15H2,1-4H3,(H,28,32)/t16-,22-/m1/s1. The van der Waals surface area contributed by atoms with Gasteiger partial charge < -0.3 is 10.2 Å².